The van der Waals surface area contributed by atoms with Gasteiger partial charge in [0.15, 0.2) is 0 Å². The molecule has 3 N–H and O–H groups in total. The first kappa shape index (κ1) is 30.3. The van der Waals surface area contributed by atoms with Crippen molar-refractivity contribution in [2.24, 2.45) is 10.7 Å². The zero-order chi connectivity index (χ0) is 25.8. The number of aliphatic imine (C=N–C) groups is 1. The first-order valence-corrected chi connectivity index (χ1v) is 11.5. The van der Waals surface area contributed by atoms with Crippen molar-refractivity contribution in [3.05, 3.63) is 35.9 Å². The minimum absolute atomic E-state index is 0.122. The van der Waals surface area contributed by atoms with E-state index in [0.717, 1.165) is 5.56 Å². The maximum absolute atomic E-state index is 11.6. The van der Waals surface area contributed by atoms with Gasteiger partial charge in [-0.1, -0.05) is 30.3 Å². The minimum Gasteiger partial charge on any atom is -0.459 e. The summed E-state index contributed by atoms with van der Waals surface area (Å²) in [5.74, 6) is -0.0632. The molecule has 0 radical (unpaired) electrons. The molecule has 0 unspecified atom stereocenters. The van der Waals surface area contributed by atoms with E-state index in [1.165, 1.54) is 0 Å². The lowest BCUT2D eigenvalue weighted by atomic mass is 10.2. The molecule has 35 heavy (non-hydrogen) atoms. The van der Waals surface area contributed by atoms with E-state index in [-0.39, 0.29) is 26.4 Å². The third kappa shape index (κ3) is 19.3. The standard InChI is InChI=1S/C24H39N3O8/c1-24(2,3)35-23(29)27-10-12-31-13-15-32-18-21(25)26-9-11-30-14-16-33-19-22(28)34-17-20-7-5-4-6-8-20/h4-8H,9-19H2,1-3H3,(H2,25,26)(H,27,29). The van der Waals surface area contributed by atoms with Gasteiger partial charge < -0.3 is 39.5 Å². The van der Waals surface area contributed by atoms with Gasteiger partial charge in [0.1, 0.15) is 31.3 Å². The zero-order valence-corrected chi connectivity index (χ0v) is 21.0. The van der Waals surface area contributed by atoms with Crippen LogP contribution in [0.5, 0.6) is 0 Å². The fourth-order valence-electron chi connectivity index (χ4n) is 2.39. The van der Waals surface area contributed by atoms with Crippen LogP contribution in [-0.4, -0.2) is 89.4 Å². The van der Waals surface area contributed by atoms with Crippen LogP contribution >= 0.6 is 0 Å². The van der Waals surface area contributed by atoms with Crippen LogP contribution in [0.15, 0.2) is 35.3 Å². The quantitative estimate of drug-likeness (QED) is 0.134. The number of carbonyl (C=O) groups is 2. The molecule has 0 saturated carbocycles. The van der Waals surface area contributed by atoms with Gasteiger partial charge in [-0.2, -0.15) is 0 Å². The molecule has 1 aromatic carbocycles. The molecule has 0 spiro atoms. The summed E-state index contributed by atoms with van der Waals surface area (Å²) in [5, 5.41) is 2.60. The van der Waals surface area contributed by atoms with E-state index in [0.29, 0.717) is 52.0 Å². The molecular weight excluding hydrogens is 458 g/mol. The minimum atomic E-state index is -0.527. The number of ether oxygens (including phenoxy) is 6. The Kier molecular flexibility index (Phi) is 16.1. The average Bonchev–Trinajstić information content (AvgIpc) is 2.80. The number of rotatable bonds is 18. The number of hydrogen-bond acceptors (Lipinski definition) is 9. The first-order valence-electron chi connectivity index (χ1n) is 11.5. The summed E-state index contributed by atoms with van der Waals surface area (Å²) < 4.78 is 31.6. The second-order valence-electron chi connectivity index (χ2n) is 8.28. The Morgan fingerprint density at radius 1 is 0.886 bits per heavy atom. The SMILES string of the molecule is CC(C)(C)OC(=O)NCCOCCOCC(N)=NCCOCCOCC(=O)OCc1ccccc1. The number of benzene rings is 1. The molecule has 11 nitrogen and oxygen atoms in total. The van der Waals surface area contributed by atoms with Gasteiger partial charge in [0.25, 0.3) is 0 Å². The van der Waals surface area contributed by atoms with Crippen LogP contribution in [0.25, 0.3) is 0 Å². The van der Waals surface area contributed by atoms with Gasteiger partial charge in [0.2, 0.25) is 0 Å². The van der Waals surface area contributed by atoms with E-state index in [1.54, 1.807) is 20.8 Å². The van der Waals surface area contributed by atoms with Crippen LogP contribution in [0, 0.1) is 0 Å². The molecule has 0 aromatic heterocycles. The van der Waals surface area contributed by atoms with Gasteiger partial charge in [-0.15, -0.1) is 0 Å². The molecule has 0 saturated heterocycles. The second-order valence-corrected chi connectivity index (χ2v) is 8.28. The molecule has 0 aliphatic carbocycles. The number of esters is 1. The van der Waals surface area contributed by atoms with E-state index in [1.807, 2.05) is 30.3 Å². The first-order chi connectivity index (χ1) is 16.8. The highest BCUT2D eigenvalue weighted by Crippen LogP contribution is 2.06. The number of hydrogen-bond donors (Lipinski definition) is 2. The Balaban J connectivity index is 1.88. The molecular formula is C24H39N3O8. The number of amidine groups is 1. The van der Waals surface area contributed by atoms with Gasteiger partial charge in [0.05, 0.1) is 46.2 Å². The molecule has 0 aliphatic heterocycles. The summed E-state index contributed by atoms with van der Waals surface area (Å²) in [6.07, 6.45) is -0.475. The maximum atomic E-state index is 11.6. The normalized spacial score (nSPS) is 11.8. The van der Waals surface area contributed by atoms with E-state index < -0.39 is 17.7 Å². The smallest absolute Gasteiger partial charge is 0.407 e. The summed E-state index contributed by atoms with van der Waals surface area (Å²) in [6.45, 7) is 8.48. The summed E-state index contributed by atoms with van der Waals surface area (Å²) in [4.78, 5) is 27.2. The van der Waals surface area contributed by atoms with Crippen molar-refractivity contribution < 1.29 is 38.0 Å². The molecule has 0 fully saturated rings. The van der Waals surface area contributed by atoms with Crippen LogP contribution in [0.2, 0.25) is 0 Å². The monoisotopic (exact) mass is 497 g/mol. The molecule has 0 atom stereocenters. The lowest BCUT2D eigenvalue weighted by molar-refractivity contribution is -0.150. The largest absolute Gasteiger partial charge is 0.459 e. The van der Waals surface area contributed by atoms with Crippen molar-refractivity contribution in [2.75, 3.05) is 65.9 Å². The topological polar surface area (TPSA) is 140 Å². The highest BCUT2D eigenvalue weighted by molar-refractivity contribution is 5.81. The summed E-state index contributed by atoms with van der Waals surface area (Å²) in [7, 11) is 0. The van der Waals surface area contributed by atoms with Crippen molar-refractivity contribution in [1.29, 1.82) is 0 Å². The number of carbonyl (C=O) groups excluding carboxylic acids is 2. The molecule has 198 valence electrons. The molecule has 1 aromatic rings. The third-order valence-electron chi connectivity index (χ3n) is 3.92. The van der Waals surface area contributed by atoms with Crippen molar-refractivity contribution in [3.8, 4) is 0 Å². The molecule has 1 amide bonds. The van der Waals surface area contributed by atoms with E-state index in [4.69, 9.17) is 34.2 Å². The average molecular weight is 498 g/mol. The van der Waals surface area contributed by atoms with Crippen molar-refractivity contribution in [3.63, 3.8) is 0 Å². The summed E-state index contributed by atoms with van der Waals surface area (Å²) in [5.41, 5.74) is 6.17. The molecule has 11 heteroatoms. The molecule has 1 rings (SSSR count). The number of amides is 1. The lowest BCUT2D eigenvalue weighted by Crippen LogP contribution is -2.34. The van der Waals surface area contributed by atoms with Gasteiger partial charge >= 0.3 is 12.1 Å². The lowest BCUT2D eigenvalue weighted by Gasteiger charge is -2.19. The highest BCUT2D eigenvalue weighted by Gasteiger charge is 2.15. The third-order valence-corrected chi connectivity index (χ3v) is 3.92. The fourth-order valence-corrected chi connectivity index (χ4v) is 2.39. The van der Waals surface area contributed by atoms with E-state index in [2.05, 4.69) is 10.3 Å². The van der Waals surface area contributed by atoms with Gasteiger partial charge in [-0.25, -0.2) is 9.59 Å². The highest BCUT2D eigenvalue weighted by atomic mass is 16.6. The van der Waals surface area contributed by atoms with Crippen LogP contribution in [0.4, 0.5) is 4.79 Å². The Hall–Kier alpha value is -2.73. The Bertz CT molecular complexity index is 738. The maximum Gasteiger partial charge on any atom is 0.407 e. The molecule has 0 heterocycles. The predicted molar refractivity (Wildman–Crippen MR) is 130 cm³/mol. The predicted octanol–water partition coefficient (Wildman–Crippen LogP) is 1.68. The number of nitrogens with zero attached hydrogens (tertiary/aromatic N) is 1. The summed E-state index contributed by atoms with van der Waals surface area (Å²) in [6, 6.07) is 9.44. The fraction of sp³-hybridized carbons (Fsp3) is 0.625. The van der Waals surface area contributed by atoms with Crippen molar-refractivity contribution >= 4 is 17.9 Å². The van der Waals surface area contributed by atoms with E-state index >= 15 is 0 Å². The Labute approximate surface area is 207 Å². The number of alkyl carbamates (subject to hydrolysis) is 1. The van der Waals surface area contributed by atoms with Crippen LogP contribution in [0.1, 0.15) is 26.3 Å². The number of nitrogens with one attached hydrogen (secondary N) is 1. The van der Waals surface area contributed by atoms with E-state index in [9.17, 15) is 9.59 Å². The molecule has 0 bridgehead atoms. The second kappa shape index (κ2) is 18.6. The van der Waals surface area contributed by atoms with Gasteiger partial charge in [-0.05, 0) is 26.3 Å². The van der Waals surface area contributed by atoms with Crippen molar-refractivity contribution in [2.45, 2.75) is 33.0 Å². The van der Waals surface area contributed by atoms with Gasteiger partial charge in [-0.3, -0.25) is 4.99 Å². The summed E-state index contributed by atoms with van der Waals surface area (Å²) >= 11 is 0. The van der Waals surface area contributed by atoms with Crippen LogP contribution in [0.3, 0.4) is 0 Å². The zero-order valence-electron chi connectivity index (χ0n) is 21.0. The molecule has 0 aliphatic rings. The van der Waals surface area contributed by atoms with Gasteiger partial charge in [0, 0.05) is 6.54 Å². The van der Waals surface area contributed by atoms with Crippen LogP contribution in [-0.2, 0) is 39.8 Å². The Morgan fingerprint density at radius 2 is 1.51 bits per heavy atom. The van der Waals surface area contributed by atoms with Crippen molar-refractivity contribution in [1.82, 2.24) is 5.32 Å². The number of nitrogens with two attached hydrogens (primary N) is 1. The van der Waals surface area contributed by atoms with Crippen LogP contribution < -0.4 is 11.1 Å². The Morgan fingerprint density at radius 3 is 2.20 bits per heavy atom.